The van der Waals surface area contributed by atoms with Crippen molar-refractivity contribution >= 4 is 18.3 Å². The molecule has 1 aromatic rings. The Morgan fingerprint density at radius 2 is 1.82 bits per heavy atom. The molecule has 1 aromatic carbocycles. The largest absolute Gasteiger partial charge is 0.339 e. The van der Waals surface area contributed by atoms with Crippen molar-refractivity contribution in [1.82, 2.24) is 10.2 Å². The van der Waals surface area contributed by atoms with Crippen molar-refractivity contribution in [2.24, 2.45) is 0 Å². The molecule has 1 N–H and O–H groups in total. The summed E-state index contributed by atoms with van der Waals surface area (Å²) >= 11 is 0. The highest BCUT2D eigenvalue weighted by Gasteiger charge is 2.22. The van der Waals surface area contributed by atoms with Gasteiger partial charge in [-0.05, 0) is 74.9 Å². The minimum Gasteiger partial charge on any atom is -0.339 e. The lowest BCUT2D eigenvalue weighted by molar-refractivity contribution is 0.0724. The van der Waals surface area contributed by atoms with Crippen LogP contribution in [0.3, 0.4) is 0 Å². The zero-order chi connectivity index (χ0) is 14.7. The number of carbonyl (C=O) groups is 1. The van der Waals surface area contributed by atoms with E-state index in [0.717, 1.165) is 57.4 Å². The summed E-state index contributed by atoms with van der Waals surface area (Å²) in [5.41, 5.74) is 1.37. The molecule has 3 nitrogen and oxygen atoms in total. The number of hydrogen-bond acceptors (Lipinski definition) is 2. The van der Waals surface area contributed by atoms with E-state index >= 15 is 0 Å². The van der Waals surface area contributed by atoms with Crippen LogP contribution in [0.25, 0.3) is 0 Å². The van der Waals surface area contributed by atoms with Crippen LogP contribution in [0.2, 0.25) is 0 Å². The first-order valence-corrected chi connectivity index (χ1v) is 8.05. The summed E-state index contributed by atoms with van der Waals surface area (Å²) in [6, 6.07) is 4.90. The standard InChI is InChI=1S/C17H23FN2O.ClH/c18-16-5-4-14(17(21)20-10-2-1-3-11-20)12-15(16)13-6-8-19-9-7-13;/h4-5,12-13,19H,1-3,6-11H2;1H. The van der Waals surface area contributed by atoms with E-state index in [-0.39, 0.29) is 30.0 Å². The van der Waals surface area contributed by atoms with Crippen molar-refractivity contribution in [2.45, 2.75) is 38.0 Å². The maximum absolute atomic E-state index is 14.1. The maximum atomic E-state index is 14.1. The number of halogens is 2. The van der Waals surface area contributed by atoms with E-state index in [4.69, 9.17) is 0 Å². The van der Waals surface area contributed by atoms with Gasteiger partial charge in [0.1, 0.15) is 5.82 Å². The van der Waals surface area contributed by atoms with E-state index in [9.17, 15) is 9.18 Å². The molecule has 0 saturated carbocycles. The van der Waals surface area contributed by atoms with Crippen molar-refractivity contribution in [3.63, 3.8) is 0 Å². The molecule has 2 heterocycles. The van der Waals surface area contributed by atoms with E-state index in [2.05, 4.69) is 5.32 Å². The second kappa shape index (κ2) is 7.93. The minimum atomic E-state index is -0.169. The zero-order valence-corrected chi connectivity index (χ0v) is 13.6. The summed E-state index contributed by atoms with van der Waals surface area (Å²) in [4.78, 5) is 14.4. The smallest absolute Gasteiger partial charge is 0.253 e. The Bertz CT molecular complexity index is 511. The number of nitrogens with zero attached hydrogens (tertiary/aromatic N) is 1. The molecule has 0 aliphatic carbocycles. The number of nitrogens with one attached hydrogen (secondary N) is 1. The van der Waals surface area contributed by atoms with Gasteiger partial charge in [0.2, 0.25) is 0 Å². The Kier molecular flexibility index (Phi) is 6.21. The average Bonchev–Trinajstić information content (AvgIpc) is 2.56. The van der Waals surface area contributed by atoms with Gasteiger partial charge in [-0.2, -0.15) is 0 Å². The first-order chi connectivity index (χ1) is 10.3. The van der Waals surface area contributed by atoms with Gasteiger partial charge in [-0.15, -0.1) is 12.4 Å². The fourth-order valence-electron chi connectivity index (χ4n) is 3.40. The summed E-state index contributed by atoms with van der Waals surface area (Å²) in [6.45, 7) is 3.51. The number of rotatable bonds is 2. The van der Waals surface area contributed by atoms with E-state index in [1.807, 2.05) is 4.90 Å². The molecule has 1 amide bonds. The fourth-order valence-corrected chi connectivity index (χ4v) is 3.40. The van der Waals surface area contributed by atoms with Gasteiger partial charge in [-0.25, -0.2) is 4.39 Å². The predicted molar refractivity (Wildman–Crippen MR) is 88.2 cm³/mol. The molecule has 122 valence electrons. The van der Waals surface area contributed by atoms with Crippen LogP contribution < -0.4 is 5.32 Å². The first-order valence-electron chi connectivity index (χ1n) is 8.05. The highest BCUT2D eigenvalue weighted by molar-refractivity contribution is 5.94. The van der Waals surface area contributed by atoms with Crippen molar-refractivity contribution in [3.8, 4) is 0 Å². The Morgan fingerprint density at radius 3 is 2.50 bits per heavy atom. The Balaban J connectivity index is 0.00000176. The molecule has 0 atom stereocenters. The molecule has 2 saturated heterocycles. The van der Waals surface area contributed by atoms with Crippen LogP contribution in [0, 0.1) is 5.82 Å². The summed E-state index contributed by atoms with van der Waals surface area (Å²) in [5.74, 6) is 0.127. The lowest BCUT2D eigenvalue weighted by atomic mass is 9.88. The van der Waals surface area contributed by atoms with Crippen LogP contribution in [-0.2, 0) is 0 Å². The minimum absolute atomic E-state index is 0. The molecule has 2 aliphatic rings. The third-order valence-corrected chi connectivity index (χ3v) is 4.67. The zero-order valence-electron chi connectivity index (χ0n) is 12.8. The molecule has 22 heavy (non-hydrogen) atoms. The SMILES string of the molecule is Cl.O=C(c1ccc(F)c(C2CCNCC2)c1)N1CCCCC1. The third kappa shape index (κ3) is 3.79. The van der Waals surface area contributed by atoms with Crippen molar-refractivity contribution < 1.29 is 9.18 Å². The highest BCUT2D eigenvalue weighted by Crippen LogP contribution is 2.28. The van der Waals surface area contributed by atoms with Gasteiger partial charge >= 0.3 is 0 Å². The topological polar surface area (TPSA) is 32.3 Å². The molecule has 0 bridgehead atoms. The lowest BCUT2D eigenvalue weighted by Crippen LogP contribution is -2.35. The Hall–Kier alpha value is -1.13. The van der Waals surface area contributed by atoms with Crippen molar-refractivity contribution in [2.75, 3.05) is 26.2 Å². The summed E-state index contributed by atoms with van der Waals surface area (Å²) in [7, 11) is 0. The Morgan fingerprint density at radius 1 is 1.14 bits per heavy atom. The maximum Gasteiger partial charge on any atom is 0.253 e. The van der Waals surface area contributed by atoms with E-state index < -0.39 is 0 Å². The molecule has 2 aliphatic heterocycles. The van der Waals surface area contributed by atoms with Crippen LogP contribution in [-0.4, -0.2) is 37.0 Å². The molecule has 0 unspecified atom stereocenters. The number of amides is 1. The van der Waals surface area contributed by atoms with Gasteiger partial charge in [0, 0.05) is 18.7 Å². The summed E-state index contributed by atoms with van der Waals surface area (Å²) in [6.07, 6.45) is 5.24. The van der Waals surface area contributed by atoms with Crippen LogP contribution in [0.4, 0.5) is 4.39 Å². The van der Waals surface area contributed by atoms with Crippen molar-refractivity contribution in [3.05, 3.63) is 35.1 Å². The summed E-state index contributed by atoms with van der Waals surface area (Å²) < 4.78 is 14.1. The van der Waals surface area contributed by atoms with E-state index in [1.54, 1.807) is 12.1 Å². The second-order valence-electron chi connectivity index (χ2n) is 6.11. The first kappa shape index (κ1) is 17.2. The van der Waals surface area contributed by atoms with E-state index in [1.165, 1.54) is 12.5 Å². The monoisotopic (exact) mass is 326 g/mol. The Labute approximate surface area is 137 Å². The predicted octanol–water partition coefficient (Wildman–Crippen LogP) is 3.34. The van der Waals surface area contributed by atoms with Crippen molar-refractivity contribution in [1.29, 1.82) is 0 Å². The van der Waals surface area contributed by atoms with Crippen LogP contribution in [0.1, 0.15) is 53.9 Å². The molecule has 5 heteroatoms. The molecule has 2 fully saturated rings. The second-order valence-corrected chi connectivity index (χ2v) is 6.11. The van der Waals surface area contributed by atoms with Gasteiger partial charge < -0.3 is 10.2 Å². The van der Waals surface area contributed by atoms with Gasteiger partial charge in [0.25, 0.3) is 5.91 Å². The quantitative estimate of drug-likeness (QED) is 0.904. The molecule has 3 rings (SSSR count). The number of benzene rings is 1. The fraction of sp³-hybridized carbons (Fsp3) is 0.588. The van der Waals surface area contributed by atoms with Crippen LogP contribution >= 0.6 is 12.4 Å². The number of likely N-dealkylation sites (tertiary alicyclic amines) is 1. The molecular weight excluding hydrogens is 303 g/mol. The number of piperidine rings is 2. The molecule has 0 radical (unpaired) electrons. The van der Waals surface area contributed by atoms with Gasteiger partial charge in [-0.3, -0.25) is 4.79 Å². The summed E-state index contributed by atoms with van der Waals surface area (Å²) in [5, 5.41) is 3.30. The average molecular weight is 327 g/mol. The van der Waals surface area contributed by atoms with Crippen LogP contribution in [0.5, 0.6) is 0 Å². The number of hydrogen-bond donors (Lipinski definition) is 1. The van der Waals surface area contributed by atoms with Gasteiger partial charge in [-0.1, -0.05) is 0 Å². The van der Waals surface area contributed by atoms with Gasteiger partial charge in [0.05, 0.1) is 0 Å². The molecular formula is C17H24ClFN2O. The molecule has 0 spiro atoms. The van der Waals surface area contributed by atoms with Gasteiger partial charge in [0.15, 0.2) is 0 Å². The highest BCUT2D eigenvalue weighted by atomic mass is 35.5. The normalized spacial score (nSPS) is 19.6. The third-order valence-electron chi connectivity index (χ3n) is 4.67. The molecule has 0 aromatic heterocycles. The lowest BCUT2D eigenvalue weighted by Gasteiger charge is -2.28. The van der Waals surface area contributed by atoms with E-state index in [0.29, 0.717) is 5.56 Å². The van der Waals surface area contributed by atoms with Crippen LogP contribution in [0.15, 0.2) is 18.2 Å². The number of carbonyl (C=O) groups excluding carboxylic acids is 1.